The Bertz CT molecular complexity index is 584. The van der Waals surface area contributed by atoms with E-state index in [9.17, 15) is 4.79 Å². The van der Waals surface area contributed by atoms with Crippen molar-refractivity contribution in [1.82, 2.24) is 0 Å². The van der Waals surface area contributed by atoms with Crippen LogP contribution in [0.15, 0.2) is 54.6 Å². The molecule has 110 valence electrons. The summed E-state index contributed by atoms with van der Waals surface area (Å²) in [4.78, 5) is 14.1. The summed E-state index contributed by atoms with van der Waals surface area (Å²) < 4.78 is 5.43. The van der Waals surface area contributed by atoms with Crippen molar-refractivity contribution in [2.75, 3.05) is 18.0 Å². The fraction of sp³-hybridized carbons (Fsp3) is 0.235. The summed E-state index contributed by atoms with van der Waals surface area (Å²) in [5.41, 5.74) is 7.45. The molecule has 1 amide bonds. The fourth-order valence-corrected chi connectivity index (χ4v) is 2.07. The van der Waals surface area contributed by atoms with Crippen LogP contribution in [0.5, 0.6) is 5.75 Å². The van der Waals surface area contributed by atoms with Gasteiger partial charge in [-0.2, -0.15) is 0 Å². The normalized spacial score (nSPS) is 10.2. The van der Waals surface area contributed by atoms with Gasteiger partial charge in [0.1, 0.15) is 5.75 Å². The van der Waals surface area contributed by atoms with Gasteiger partial charge in [0.05, 0.1) is 0 Å². The topological polar surface area (TPSA) is 55.6 Å². The number of carbonyl (C=O) groups excluding carboxylic acids is 1. The summed E-state index contributed by atoms with van der Waals surface area (Å²) in [6, 6.07) is 16.8. The van der Waals surface area contributed by atoms with Gasteiger partial charge in [-0.25, -0.2) is 4.79 Å². The van der Waals surface area contributed by atoms with Crippen LogP contribution in [0.4, 0.5) is 10.5 Å². The molecule has 0 saturated carbocycles. The molecule has 0 atom stereocenters. The number of rotatable bonds is 5. The second kappa shape index (κ2) is 7.45. The van der Waals surface area contributed by atoms with E-state index in [1.807, 2.05) is 49.4 Å². The number of nitrogens with two attached hydrogens (primary N) is 1. The van der Waals surface area contributed by atoms with Crippen LogP contribution in [0.3, 0.4) is 0 Å². The van der Waals surface area contributed by atoms with Crippen LogP contribution >= 0.6 is 0 Å². The first-order chi connectivity index (χ1) is 10.2. The lowest BCUT2D eigenvalue weighted by molar-refractivity contribution is 0.207. The van der Waals surface area contributed by atoms with E-state index in [1.165, 1.54) is 0 Å². The number of hydrogen-bond donors (Lipinski definition) is 1. The zero-order valence-corrected chi connectivity index (χ0v) is 12.2. The maximum Gasteiger partial charge on any atom is 0.419 e. The van der Waals surface area contributed by atoms with Crippen LogP contribution in [-0.2, 0) is 0 Å². The van der Waals surface area contributed by atoms with E-state index in [1.54, 1.807) is 17.0 Å². The standard InChI is InChI=1S/C17H20N2O2/c1-14-8-5-6-11-16(14)19(13-7-12-18)17(20)21-15-9-3-2-4-10-15/h2-6,8-11H,7,12-13,18H2,1H3. The van der Waals surface area contributed by atoms with Crippen molar-refractivity contribution in [3.63, 3.8) is 0 Å². The maximum absolute atomic E-state index is 12.4. The minimum Gasteiger partial charge on any atom is -0.410 e. The number of aryl methyl sites for hydroxylation is 1. The summed E-state index contributed by atoms with van der Waals surface area (Å²) in [5.74, 6) is 0.536. The third-order valence-corrected chi connectivity index (χ3v) is 3.16. The molecule has 0 bridgehead atoms. The highest BCUT2D eigenvalue weighted by atomic mass is 16.6. The molecule has 0 heterocycles. The highest BCUT2D eigenvalue weighted by Gasteiger charge is 2.18. The molecule has 0 spiro atoms. The average Bonchev–Trinajstić information content (AvgIpc) is 2.50. The molecule has 0 aliphatic heterocycles. The van der Waals surface area contributed by atoms with Gasteiger partial charge in [-0.1, -0.05) is 36.4 Å². The number of benzene rings is 2. The Labute approximate surface area is 125 Å². The minimum absolute atomic E-state index is 0.385. The van der Waals surface area contributed by atoms with Crippen molar-refractivity contribution in [3.05, 3.63) is 60.2 Å². The van der Waals surface area contributed by atoms with E-state index in [4.69, 9.17) is 10.5 Å². The number of ether oxygens (including phenoxy) is 1. The quantitative estimate of drug-likeness (QED) is 0.916. The van der Waals surface area contributed by atoms with Gasteiger partial charge in [-0.3, -0.25) is 4.90 Å². The van der Waals surface area contributed by atoms with Crippen molar-refractivity contribution in [2.24, 2.45) is 5.73 Å². The summed E-state index contributed by atoms with van der Waals surface area (Å²) in [7, 11) is 0. The third-order valence-electron chi connectivity index (χ3n) is 3.16. The van der Waals surface area contributed by atoms with E-state index in [-0.39, 0.29) is 6.09 Å². The summed E-state index contributed by atoms with van der Waals surface area (Å²) >= 11 is 0. The predicted molar refractivity (Wildman–Crippen MR) is 84.7 cm³/mol. The molecule has 0 saturated heterocycles. The molecule has 2 aromatic carbocycles. The van der Waals surface area contributed by atoms with Gasteiger partial charge < -0.3 is 10.5 Å². The molecule has 0 aliphatic carbocycles. The molecule has 4 nitrogen and oxygen atoms in total. The van der Waals surface area contributed by atoms with E-state index < -0.39 is 0 Å². The van der Waals surface area contributed by atoms with E-state index >= 15 is 0 Å². The van der Waals surface area contributed by atoms with Crippen LogP contribution < -0.4 is 15.4 Å². The van der Waals surface area contributed by atoms with Gasteiger partial charge in [0.2, 0.25) is 0 Å². The highest BCUT2D eigenvalue weighted by molar-refractivity contribution is 5.90. The Morgan fingerprint density at radius 2 is 1.76 bits per heavy atom. The Morgan fingerprint density at radius 1 is 1.10 bits per heavy atom. The van der Waals surface area contributed by atoms with Crippen LogP contribution in [0, 0.1) is 6.92 Å². The molecule has 2 N–H and O–H groups in total. The van der Waals surface area contributed by atoms with E-state index in [0.29, 0.717) is 18.8 Å². The van der Waals surface area contributed by atoms with Crippen molar-refractivity contribution in [2.45, 2.75) is 13.3 Å². The Balaban J connectivity index is 2.19. The molecule has 0 aliphatic rings. The molecular weight excluding hydrogens is 264 g/mol. The SMILES string of the molecule is Cc1ccccc1N(CCCN)C(=O)Oc1ccccc1. The van der Waals surface area contributed by atoms with Gasteiger partial charge >= 0.3 is 6.09 Å². The number of anilines is 1. The maximum atomic E-state index is 12.4. The Morgan fingerprint density at radius 3 is 2.43 bits per heavy atom. The van der Waals surface area contributed by atoms with Crippen molar-refractivity contribution < 1.29 is 9.53 Å². The van der Waals surface area contributed by atoms with Crippen molar-refractivity contribution in [3.8, 4) is 5.75 Å². The van der Waals surface area contributed by atoms with Crippen LogP contribution in [0.2, 0.25) is 0 Å². The first kappa shape index (κ1) is 15.1. The zero-order valence-electron chi connectivity index (χ0n) is 12.2. The lowest BCUT2D eigenvalue weighted by Crippen LogP contribution is -2.35. The molecule has 4 heteroatoms. The van der Waals surface area contributed by atoms with Gasteiger partial charge in [-0.05, 0) is 43.7 Å². The molecule has 2 aromatic rings. The molecule has 0 fully saturated rings. The highest BCUT2D eigenvalue weighted by Crippen LogP contribution is 2.21. The summed E-state index contributed by atoms with van der Waals surface area (Å²) in [5, 5.41) is 0. The lowest BCUT2D eigenvalue weighted by Gasteiger charge is -2.23. The second-order valence-corrected chi connectivity index (χ2v) is 4.76. The van der Waals surface area contributed by atoms with Crippen LogP contribution in [0.25, 0.3) is 0 Å². The smallest absolute Gasteiger partial charge is 0.410 e. The average molecular weight is 284 g/mol. The van der Waals surface area contributed by atoms with Crippen LogP contribution in [0.1, 0.15) is 12.0 Å². The fourth-order valence-electron chi connectivity index (χ4n) is 2.07. The minimum atomic E-state index is -0.385. The molecule has 0 unspecified atom stereocenters. The predicted octanol–water partition coefficient (Wildman–Crippen LogP) is 3.35. The van der Waals surface area contributed by atoms with Crippen molar-refractivity contribution in [1.29, 1.82) is 0 Å². The summed E-state index contributed by atoms with van der Waals surface area (Å²) in [6.07, 6.45) is 0.335. The second-order valence-electron chi connectivity index (χ2n) is 4.76. The molecular formula is C17H20N2O2. The number of amides is 1. The largest absolute Gasteiger partial charge is 0.419 e. The van der Waals surface area contributed by atoms with Gasteiger partial charge in [-0.15, -0.1) is 0 Å². The first-order valence-corrected chi connectivity index (χ1v) is 7.02. The first-order valence-electron chi connectivity index (χ1n) is 7.02. The molecule has 2 rings (SSSR count). The number of carbonyl (C=O) groups is 1. The Hall–Kier alpha value is -2.33. The zero-order chi connectivity index (χ0) is 15.1. The van der Waals surface area contributed by atoms with E-state index in [2.05, 4.69) is 0 Å². The van der Waals surface area contributed by atoms with Gasteiger partial charge in [0.15, 0.2) is 0 Å². The number of para-hydroxylation sites is 2. The number of hydrogen-bond acceptors (Lipinski definition) is 3. The van der Waals surface area contributed by atoms with Crippen LogP contribution in [-0.4, -0.2) is 19.2 Å². The van der Waals surface area contributed by atoms with Gasteiger partial charge in [0.25, 0.3) is 0 Å². The molecule has 0 aromatic heterocycles. The lowest BCUT2D eigenvalue weighted by atomic mass is 10.2. The Kier molecular flexibility index (Phi) is 5.35. The molecule has 21 heavy (non-hydrogen) atoms. The third kappa shape index (κ3) is 4.07. The van der Waals surface area contributed by atoms with E-state index in [0.717, 1.165) is 17.7 Å². The summed E-state index contributed by atoms with van der Waals surface area (Å²) in [6.45, 7) is 3.04. The monoisotopic (exact) mass is 284 g/mol. The van der Waals surface area contributed by atoms with Crippen molar-refractivity contribution >= 4 is 11.8 Å². The molecule has 0 radical (unpaired) electrons. The number of nitrogens with zero attached hydrogens (tertiary/aromatic N) is 1. The van der Waals surface area contributed by atoms with Gasteiger partial charge in [0, 0.05) is 12.2 Å².